The molecule has 0 radical (unpaired) electrons. The molecule has 0 saturated carbocycles. The second-order valence-electron chi connectivity index (χ2n) is 2.51. The molecule has 0 fully saturated rings. The van der Waals surface area contributed by atoms with Crippen LogP contribution in [0.1, 0.15) is 22.8 Å². The Bertz CT molecular complexity index is 325. The lowest BCUT2D eigenvalue weighted by atomic mass is 10.1. The molecule has 0 aliphatic rings. The largest absolute Gasteiger partial charge is 0.465 e. The van der Waals surface area contributed by atoms with Gasteiger partial charge in [0.05, 0.1) is 17.7 Å². The van der Waals surface area contributed by atoms with Crippen LogP contribution in [0.5, 0.6) is 0 Å². The Labute approximate surface area is 81.7 Å². The number of methoxy groups -OCH3 is 1. The van der Waals surface area contributed by atoms with E-state index in [9.17, 15) is 4.79 Å². The van der Waals surface area contributed by atoms with Crippen molar-refractivity contribution in [2.24, 2.45) is 0 Å². The minimum atomic E-state index is -0.451. The highest BCUT2D eigenvalue weighted by atomic mass is 35.5. The maximum atomic E-state index is 11.2. The van der Waals surface area contributed by atoms with E-state index >= 15 is 0 Å². The van der Waals surface area contributed by atoms with Gasteiger partial charge in [-0.25, -0.2) is 4.79 Å². The Morgan fingerprint density at radius 3 is 2.85 bits per heavy atom. The molecule has 70 valence electrons. The summed E-state index contributed by atoms with van der Waals surface area (Å²) >= 11 is 5.94. The van der Waals surface area contributed by atoms with Crippen LogP contribution in [0.25, 0.3) is 0 Å². The molecular weight excluding hydrogens is 190 g/mol. The average molecular weight is 200 g/mol. The van der Waals surface area contributed by atoms with Crippen LogP contribution in [-0.4, -0.2) is 18.1 Å². The third-order valence-corrected chi connectivity index (χ3v) is 2.18. The van der Waals surface area contributed by atoms with Crippen molar-refractivity contribution in [3.63, 3.8) is 0 Å². The minimum absolute atomic E-state index is 0.323. The Morgan fingerprint density at radius 2 is 2.31 bits per heavy atom. The average Bonchev–Trinajstić information content (AvgIpc) is 2.17. The van der Waals surface area contributed by atoms with Gasteiger partial charge in [0.25, 0.3) is 0 Å². The number of ether oxygens (including phenoxy) is 1. The summed E-state index contributed by atoms with van der Waals surface area (Å²) in [4.78, 5) is 15.1. The molecule has 0 amide bonds. The molecule has 1 aromatic heterocycles. The van der Waals surface area contributed by atoms with E-state index in [0.29, 0.717) is 10.6 Å². The van der Waals surface area contributed by atoms with Crippen LogP contribution in [-0.2, 0) is 11.2 Å². The molecule has 0 unspecified atom stereocenters. The first-order valence-corrected chi connectivity index (χ1v) is 4.29. The normalized spacial score (nSPS) is 9.77. The van der Waals surface area contributed by atoms with Gasteiger partial charge in [0.2, 0.25) is 0 Å². The van der Waals surface area contributed by atoms with Crippen molar-refractivity contribution in [3.05, 3.63) is 28.5 Å². The van der Waals surface area contributed by atoms with Crippen LogP contribution in [0.4, 0.5) is 0 Å². The van der Waals surface area contributed by atoms with Crippen LogP contribution in [0.15, 0.2) is 12.4 Å². The lowest BCUT2D eigenvalue weighted by Crippen LogP contribution is -2.04. The summed E-state index contributed by atoms with van der Waals surface area (Å²) in [7, 11) is 1.32. The Hall–Kier alpha value is -1.09. The van der Waals surface area contributed by atoms with Gasteiger partial charge >= 0.3 is 5.97 Å². The molecule has 0 aliphatic heterocycles. The maximum absolute atomic E-state index is 11.2. The van der Waals surface area contributed by atoms with Crippen LogP contribution < -0.4 is 0 Å². The van der Waals surface area contributed by atoms with E-state index in [1.165, 1.54) is 13.3 Å². The molecule has 0 saturated heterocycles. The number of hydrogen-bond donors (Lipinski definition) is 0. The summed E-state index contributed by atoms with van der Waals surface area (Å²) in [5.41, 5.74) is 1.17. The number of hydrogen-bond acceptors (Lipinski definition) is 3. The SMILES string of the molecule is CCc1cncc(C(=O)OC)c1Cl. The summed E-state index contributed by atoms with van der Waals surface area (Å²) in [5.74, 6) is -0.451. The number of esters is 1. The van der Waals surface area contributed by atoms with Gasteiger partial charge in [0.15, 0.2) is 0 Å². The van der Waals surface area contributed by atoms with Crippen LogP contribution >= 0.6 is 11.6 Å². The van der Waals surface area contributed by atoms with E-state index < -0.39 is 5.97 Å². The van der Waals surface area contributed by atoms with Crippen molar-refractivity contribution in [1.82, 2.24) is 4.98 Å². The third-order valence-electron chi connectivity index (χ3n) is 1.74. The second-order valence-corrected chi connectivity index (χ2v) is 2.88. The number of carbonyl (C=O) groups excluding carboxylic acids is 1. The standard InChI is InChI=1S/C9H10ClNO2/c1-3-6-4-11-5-7(8(6)10)9(12)13-2/h4-5H,3H2,1-2H3. The minimum Gasteiger partial charge on any atom is -0.465 e. The quantitative estimate of drug-likeness (QED) is 0.685. The van der Waals surface area contributed by atoms with Crippen LogP contribution in [0, 0.1) is 0 Å². The number of nitrogens with zero attached hydrogens (tertiary/aromatic N) is 1. The Balaban J connectivity index is 3.15. The smallest absolute Gasteiger partial charge is 0.340 e. The maximum Gasteiger partial charge on any atom is 0.340 e. The Morgan fingerprint density at radius 1 is 1.62 bits per heavy atom. The lowest BCUT2D eigenvalue weighted by Gasteiger charge is -2.04. The molecule has 1 rings (SSSR count). The highest BCUT2D eigenvalue weighted by molar-refractivity contribution is 6.34. The van der Waals surface area contributed by atoms with E-state index in [0.717, 1.165) is 12.0 Å². The second kappa shape index (κ2) is 4.23. The molecule has 1 aromatic rings. The first kappa shape index (κ1) is 9.99. The molecule has 1 heterocycles. The van der Waals surface area contributed by atoms with Gasteiger partial charge in [-0.2, -0.15) is 0 Å². The number of pyridine rings is 1. The van der Waals surface area contributed by atoms with Crippen molar-refractivity contribution in [1.29, 1.82) is 0 Å². The van der Waals surface area contributed by atoms with Gasteiger partial charge in [-0.15, -0.1) is 0 Å². The number of carbonyl (C=O) groups is 1. The fourth-order valence-electron chi connectivity index (χ4n) is 0.987. The first-order chi connectivity index (χ1) is 6.20. The third kappa shape index (κ3) is 1.98. The first-order valence-electron chi connectivity index (χ1n) is 3.91. The fraction of sp³-hybridized carbons (Fsp3) is 0.333. The van der Waals surface area contributed by atoms with Gasteiger partial charge in [0, 0.05) is 12.4 Å². The van der Waals surface area contributed by atoms with Crippen molar-refractivity contribution >= 4 is 17.6 Å². The van der Waals surface area contributed by atoms with Crippen molar-refractivity contribution in [2.75, 3.05) is 7.11 Å². The number of rotatable bonds is 2. The van der Waals surface area contributed by atoms with E-state index in [1.807, 2.05) is 6.92 Å². The molecule has 3 nitrogen and oxygen atoms in total. The predicted molar refractivity (Wildman–Crippen MR) is 50.0 cm³/mol. The van der Waals surface area contributed by atoms with Crippen LogP contribution in [0.2, 0.25) is 5.02 Å². The van der Waals surface area contributed by atoms with Crippen molar-refractivity contribution in [3.8, 4) is 0 Å². The molecule has 0 atom stereocenters. The molecule has 4 heteroatoms. The number of aromatic nitrogens is 1. The van der Waals surface area contributed by atoms with Crippen molar-refractivity contribution in [2.45, 2.75) is 13.3 Å². The van der Waals surface area contributed by atoms with Crippen molar-refractivity contribution < 1.29 is 9.53 Å². The molecular formula is C9H10ClNO2. The zero-order chi connectivity index (χ0) is 9.84. The number of halogens is 1. The highest BCUT2D eigenvalue weighted by Crippen LogP contribution is 2.20. The van der Waals surface area contributed by atoms with E-state index in [4.69, 9.17) is 11.6 Å². The van der Waals surface area contributed by atoms with E-state index in [1.54, 1.807) is 6.20 Å². The zero-order valence-electron chi connectivity index (χ0n) is 7.50. The molecule has 0 N–H and O–H groups in total. The molecule has 0 bridgehead atoms. The van der Waals surface area contributed by atoms with E-state index in [-0.39, 0.29) is 0 Å². The number of aryl methyl sites for hydroxylation is 1. The van der Waals surface area contributed by atoms with Gasteiger partial charge in [-0.05, 0) is 12.0 Å². The summed E-state index contributed by atoms with van der Waals surface area (Å²) < 4.78 is 4.55. The van der Waals surface area contributed by atoms with Gasteiger partial charge in [-0.3, -0.25) is 4.98 Å². The summed E-state index contributed by atoms with van der Waals surface area (Å²) in [6, 6.07) is 0. The van der Waals surface area contributed by atoms with E-state index in [2.05, 4.69) is 9.72 Å². The molecule has 13 heavy (non-hydrogen) atoms. The highest BCUT2D eigenvalue weighted by Gasteiger charge is 2.12. The Kier molecular flexibility index (Phi) is 3.25. The lowest BCUT2D eigenvalue weighted by molar-refractivity contribution is 0.0600. The van der Waals surface area contributed by atoms with Gasteiger partial charge in [0.1, 0.15) is 0 Å². The molecule has 0 aliphatic carbocycles. The monoisotopic (exact) mass is 199 g/mol. The summed E-state index contributed by atoms with van der Waals surface area (Å²) in [6.07, 6.45) is 3.80. The molecule has 0 spiro atoms. The summed E-state index contributed by atoms with van der Waals surface area (Å²) in [6.45, 7) is 1.95. The molecule has 0 aromatic carbocycles. The topological polar surface area (TPSA) is 39.2 Å². The van der Waals surface area contributed by atoms with Gasteiger partial charge < -0.3 is 4.74 Å². The van der Waals surface area contributed by atoms with Gasteiger partial charge in [-0.1, -0.05) is 18.5 Å². The fourth-order valence-corrected chi connectivity index (χ4v) is 1.30. The zero-order valence-corrected chi connectivity index (χ0v) is 8.26. The van der Waals surface area contributed by atoms with Crippen LogP contribution in [0.3, 0.4) is 0 Å². The summed E-state index contributed by atoms with van der Waals surface area (Å²) in [5, 5.41) is 0.435. The predicted octanol–water partition coefficient (Wildman–Crippen LogP) is 2.08.